The highest BCUT2D eigenvalue weighted by Gasteiger charge is 2.56. The molecule has 6 N–H and O–H groups in total. The lowest BCUT2D eigenvalue weighted by molar-refractivity contribution is 0.0252. The molecule has 4 rings (SSSR count). The second kappa shape index (κ2) is 14.2. The first-order valence-electron chi connectivity index (χ1n) is 13.4. The van der Waals surface area contributed by atoms with E-state index in [1.54, 1.807) is 36.4 Å². The first-order valence-corrected chi connectivity index (χ1v) is 17.3. The summed E-state index contributed by atoms with van der Waals surface area (Å²) in [6.07, 6.45) is -0.867. The van der Waals surface area contributed by atoms with Gasteiger partial charge in [-0.05, 0) is 77.9 Å². The Hall–Kier alpha value is -2.65. The molecule has 2 atom stereocenters. The third-order valence-electron chi connectivity index (χ3n) is 5.14. The molecule has 3 aromatic carbocycles. The molecule has 0 amide bonds. The molecule has 12 nitrogen and oxygen atoms in total. The van der Waals surface area contributed by atoms with Crippen molar-refractivity contribution in [3.63, 3.8) is 0 Å². The van der Waals surface area contributed by atoms with Crippen molar-refractivity contribution in [1.29, 1.82) is 0 Å². The molecule has 0 saturated heterocycles. The number of rotatable bonds is 12. The average Bonchev–Trinajstić information content (AvgIpc) is 2.90. The van der Waals surface area contributed by atoms with Crippen LogP contribution in [-0.2, 0) is 13.6 Å². The molecule has 0 bridgehead atoms. The summed E-state index contributed by atoms with van der Waals surface area (Å²) in [4.78, 5) is 13.0. The maximum absolute atomic E-state index is 6.67. The highest BCUT2D eigenvalue weighted by Crippen LogP contribution is 2.79. The van der Waals surface area contributed by atoms with Crippen LogP contribution < -0.4 is 31.4 Å². The summed E-state index contributed by atoms with van der Waals surface area (Å²) in [5.41, 5.74) is 20.2. The Balaban J connectivity index is 1.99. The first kappa shape index (κ1) is 32.3. The van der Waals surface area contributed by atoms with Crippen LogP contribution in [-0.4, -0.2) is 27.5 Å². The van der Waals surface area contributed by atoms with E-state index in [-0.39, 0.29) is 18.3 Å². The van der Waals surface area contributed by atoms with Gasteiger partial charge in [-0.3, -0.25) is 0 Å². The van der Waals surface area contributed by atoms with Gasteiger partial charge in [0, 0.05) is 9.21 Å². The van der Waals surface area contributed by atoms with Crippen molar-refractivity contribution < 1.29 is 27.8 Å². The van der Waals surface area contributed by atoms with Gasteiger partial charge in [0.25, 0.3) is 8.45 Å². The number of nitrogen functional groups attached to an aromatic ring is 3. The Morgan fingerprint density at radius 1 is 0.643 bits per heavy atom. The molecule has 0 saturated carbocycles. The molecule has 2 unspecified atom stereocenters. The predicted molar refractivity (Wildman–Crippen MR) is 170 cm³/mol. The monoisotopic (exact) mass is 636 g/mol. The number of para-hydroxylation sites is 6. The summed E-state index contributed by atoms with van der Waals surface area (Å²) in [5, 5.41) is 0. The van der Waals surface area contributed by atoms with Gasteiger partial charge in [0.1, 0.15) is 5.75 Å². The van der Waals surface area contributed by atoms with Crippen molar-refractivity contribution in [3.05, 3.63) is 72.8 Å². The Morgan fingerprint density at radius 3 is 1.55 bits per heavy atom. The van der Waals surface area contributed by atoms with Gasteiger partial charge in [0.05, 0.1) is 35.4 Å². The fourth-order valence-corrected chi connectivity index (χ4v) is 11.6. The topological polar surface area (TPSA) is 152 Å². The minimum atomic E-state index is -3.48. The molecule has 0 aliphatic carbocycles. The minimum Gasteiger partial charge on any atom is -0.438 e. The van der Waals surface area contributed by atoms with E-state index in [9.17, 15) is 0 Å². The molecular formula is C27H39N6O6P3. The Kier molecular flexibility index (Phi) is 10.9. The average molecular weight is 637 g/mol. The van der Waals surface area contributed by atoms with E-state index in [4.69, 9.17) is 49.5 Å². The van der Waals surface area contributed by atoms with Crippen LogP contribution in [0.15, 0.2) is 77.3 Å². The smallest absolute Gasteiger partial charge is 0.339 e. The fourth-order valence-electron chi connectivity index (χ4n) is 3.52. The number of anilines is 3. The molecule has 1 aliphatic heterocycles. The predicted octanol–water partition coefficient (Wildman–Crippen LogP) is 8.09. The fraction of sp³-hybridized carbons (Fsp3) is 0.333. The minimum absolute atomic E-state index is 0.241. The second-order valence-electron chi connectivity index (χ2n) is 9.94. The summed E-state index contributed by atoms with van der Waals surface area (Å²) in [6.45, 7) is 11.4. The lowest BCUT2D eigenvalue weighted by Gasteiger charge is -2.45. The van der Waals surface area contributed by atoms with E-state index in [0.29, 0.717) is 34.3 Å². The Morgan fingerprint density at radius 2 is 1.10 bits per heavy atom. The van der Waals surface area contributed by atoms with Crippen molar-refractivity contribution in [1.82, 2.24) is 9.21 Å². The van der Waals surface area contributed by atoms with Crippen molar-refractivity contribution in [2.24, 2.45) is 4.52 Å². The normalized spacial score (nSPS) is 19.2. The zero-order chi connectivity index (χ0) is 30.4. The van der Waals surface area contributed by atoms with Crippen molar-refractivity contribution in [2.45, 2.75) is 59.9 Å². The number of nitrogens with two attached hydrogens (primary N) is 3. The van der Waals surface area contributed by atoms with Gasteiger partial charge < -0.3 is 45.0 Å². The number of nitrogens with zero attached hydrogens (tertiary/aromatic N) is 3. The third-order valence-corrected chi connectivity index (χ3v) is 12.7. The number of hydrogen-bond donors (Lipinski definition) is 3. The quantitative estimate of drug-likeness (QED) is 0.131. The van der Waals surface area contributed by atoms with E-state index < -0.39 is 24.6 Å². The molecule has 1 aliphatic rings. The highest BCUT2D eigenvalue weighted by molar-refractivity contribution is 7.78. The standard InChI is InChI=1S/C27H39N6O6P3/c1-19(2)36-40-31-42(38-20(3)4,39-21(5)6)33(35-26-17-11-8-14-23(26)29)41(37-27-18-12-9-15-24(27)30)32(40)34-25-16-10-7-13-22(25)28/h7-21H,28-30H2,1-6H3. The molecule has 42 heavy (non-hydrogen) atoms. The van der Waals surface area contributed by atoms with E-state index >= 15 is 0 Å². The largest absolute Gasteiger partial charge is 0.438 e. The van der Waals surface area contributed by atoms with E-state index in [1.807, 2.05) is 77.9 Å². The van der Waals surface area contributed by atoms with E-state index in [1.165, 1.54) is 9.21 Å². The van der Waals surface area contributed by atoms with Crippen LogP contribution in [0.1, 0.15) is 41.5 Å². The summed E-state index contributed by atoms with van der Waals surface area (Å²) in [6, 6.07) is 21.3. The van der Waals surface area contributed by atoms with Gasteiger partial charge in [0.2, 0.25) is 0 Å². The molecule has 0 fully saturated rings. The molecular weight excluding hydrogens is 597 g/mol. The van der Waals surface area contributed by atoms with E-state index in [2.05, 4.69) is 0 Å². The maximum atomic E-state index is 6.67. The first-order chi connectivity index (χ1) is 20.0. The zero-order valence-corrected chi connectivity index (χ0v) is 27.2. The van der Waals surface area contributed by atoms with Crippen molar-refractivity contribution in [2.75, 3.05) is 17.2 Å². The van der Waals surface area contributed by atoms with Crippen LogP contribution in [0.2, 0.25) is 0 Å². The molecule has 15 heteroatoms. The summed E-state index contributed by atoms with van der Waals surface area (Å²) >= 11 is 0. The molecule has 0 aromatic heterocycles. The van der Waals surface area contributed by atoms with Crippen molar-refractivity contribution >= 4 is 41.6 Å². The zero-order valence-electron chi connectivity index (χ0n) is 24.5. The molecule has 228 valence electrons. The third kappa shape index (κ3) is 7.84. The van der Waals surface area contributed by atoms with E-state index in [0.717, 1.165) is 0 Å². The summed E-state index contributed by atoms with van der Waals surface area (Å²) in [5.74, 6) is 1.12. The van der Waals surface area contributed by atoms with Crippen LogP contribution >= 0.6 is 24.6 Å². The molecule has 3 aromatic rings. The van der Waals surface area contributed by atoms with Crippen LogP contribution in [0, 0.1) is 0 Å². The molecule has 0 spiro atoms. The Bertz CT molecular complexity index is 1380. The summed E-state index contributed by atoms with van der Waals surface area (Å²) in [7, 11) is -7.54. The van der Waals surface area contributed by atoms with Crippen LogP contribution in [0.4, 0.5) is 17.1 Å². The molecule has 0 radical (unpaired) electrons. The Labute approximate surface area is 250 Å². The highest BCUT2D eigenvalue weighted by atomic mass is 31.3. The van der Waals surface area contributed by atoms with Gasteiger partial charge in [-0.1, -0.05) is 36.4 Å². The SMILES string of the molecule is CC(C)OP1N=P(OC(C)C)(OC(C)C)N(Oc2ccccc2N)P(Oc2ccccc2N)N1Oc1ccccc1N. The van der Waals surface area contributed by atoms with Crippen LogP contribution in [0.25, 0.3) is 0 Å². The van der Waals surface area contributed by atoms with Crippen LogP contribution in [0.3, 0.4) is 0 Å². The van der Waals surface area contributed by atoms with Gasteiger partial charge >= 0.3 is 16.1 Å². The van der Waals surface area contributed by atoms with Crippen molar-refractivity contribution in [3.8, 4) is 17.2 Å². The maximum Gasteiger partial charge on any atom is 0.339 e. The van der Waals surface area contributed by atoms with Gasteiger partial charge in [0.15, 0.2) is 11.5 Å². The lowest BCUT2D eigenvalue weighted by Crippen LogP contribution is -2.37. The second-order valence-corrected chi connectivity index (χ2v) is 15.5. The molecule has 1 heterocycles. The number of benzene rings is 3. The van der Waals surface area contributed by atoms with Gasteiger partial charge in [-0.15, -0.1) is 0 Å². The lowest BCUT2D eigenvalue weighted by atomic mass is 10.3. The number of hydrogen-bond acceptors (Lipinski definition) is 12. The van der Waals surface area contributed by atoms with Crippen LogP contribution in [0.5, 0.6) is 17.2 Å². The van der Waals surface area contributed by atoms with Gasteiger partial charge in [-0.25, -0.2) is 0 Å². The summed E-state index contributed by atoms with van der Waals surface area (Å²) < 4.78 is 34.3. The van der Waals surface area contributed by atoms with Gasteiger partial charge in [-0.2, -0.15) is 4.52 Å².